The molecular formula is C15H25N3O. The minimum Gasteiger partial charge on any atom is -0.345 e. The van der Waals surface area contributed by atoms with Crippen molar-refractivity contribution in [1.82, 2.24) is 14.8 Å². The van der Waals surface area contributed by atoms with Gasteiger partial charge in [0.05, 0.1) is 0 Å². The Balaban J connectivity index is 1.87. The summed E-state index contributed by atoms with van der Waals surface area (Å²) in [6.45, 7) is 5.80. The van der Waals surface area contributed by atoms with E-state index in [0.29, 0.717) is 18.6 Å². The third-order valence-electron chi connectivity index (χ3n) is 3.78. The lowest BCUT2D eigenvalue weighted by molar-refractivity contribution is -0.131. The van der Waals surface area contributed by atoms with Crippen molar-refractivity contribution in [3.05, 3.63) is 24.0 Å². The zero-order valence-corrected chi connectivity index (χ0v) is 12.2. The Morgan fingerprint density at radius 3 is 2.95 bits per heavy atom. The van der Waals surface area contributed by atoms with Crippen LogP contribution in [-0.2, 0) is 11.3 Å². The minimum atomic E-state index is 0.207. The number of nitrogens with zero attached hydrogens (tertiary/aromatic N) is 2. The van der Waals surface area contributed by atoms with Crippen LogP contribution < -0.4 is 5.32 Å². The van der Waals surface area contributed by atoms with Crippen molar-refractivity contribution >= 4 is 5.91 Å². The van der Waals surface area contributed by atoms with Crippen LogP contribution in [0.2, 0.25) is 0 Å². The highest BCUT2D eigenvalue weighted by molar-refractivity contribution is 5.76. The maximum Gasteiger partial charge on any atom is 0.242 e. The van der Waals surface area contributed by atoms with Crippen LogP contribution in [0.5, 0.6) is 0 Å². The van der Waals surface area contributed by atoms with E-state index in [2.05, 4.69) is 31.4 Å². The molecule has 4 heteroatoms. The van der Waals surface area contributed by atoms with Gasteiger partial charge in [0.15, 0.2) is 0 Å². The molecule has 1 amide bonds. The number of hydrogen-bond acceptors (Lipinski definition) is 2. The molecule has 1 aliphatic rings. The highest BCUT2D eigenvalue weighted by atomic mass is 16.2. The minimum absolute atomic E-state index is 0.207. The number of carbonyl (C=O) groups excluding carboxylic acids is 1. The van der Waals surface area contributed by atoms with E-state index in [1.807, 2.05) is 22.7 Å². The Kier molecular flexibility index (Phi) is 4.64. The average molecular weight is 263 g/mol. The molecule has 1 unspecified atom stereocenters. The van der Waals surface area contributed by atoms with E-state index < -0.39 is 0 Å². The molecule has 0 saturated heterocycles. The Hall–Kier alpha value is -1.29. The van der Waals surface area contributed by atoms with Gasteiger partial charge in [-0.15, -0.1) is 0 Å². The van der Waals surface area contributed by atoms with E-state index >= 15 is 0 Å². The molecule has 1 aliphatic carbocycles. The van der Waals surface area contributed by atoms with Gasteiger partial charge in [-0.2, -0.15) is 0 Å². The quantitative estimate of drug-likeness (QED) is 0.818. The Labute approximate surface area is 115 Å². The maximum absolute atomic E-state index is 12.0. The standard InChI is InChI=1S/C15H25N3O/c1-4-8-16-12(2)13-7-9-18(10-13)11-15(19)17(3)14-5-6-14/h7,9-10,12,14,16H,4-6,8,11H2,1-3H3. The first-order valence-electron chi connectivity index (χ1n) is 7.26. The molecule has 0 radical (unpaired) electrons. The molecule has 0 spiro atoms. The SMILES string of the molecule is CCCNC(C)c1ccn(CC(=O)N(C)C2CC2)c1. The first-order valence-corrected chi connectivity index (χ1v) is 7.26. The van der Waals surface area contributed by atoms with Crippen molar-refractivity contribution in [2.24, 2.45) is 0 Å². The number of rotatable bonds is 7. The molecule has 1 aromatic rings. The van der Waals surface area contributed by atoms with Crippen molar-refractivity contribution in [2.45, 2.75) is 51.7 Å². The van der Waals surface area contributed by atoms with Gasteiger partial charge in [0.2, 0.25) is 5.91 Å². The van der Waals surface area contributed by atoms with Crippen LogP contribution in [0.25, 0.3) is 0 Å². The van der Waals surface area contributed by atoms with Gasteiger partial charge in [-0.1, -0.05) is 6.92 Å². The summed E-state index contributed by atoms with van der Waals surface area (Å²) in [6.07, 6.45) is 7.54. The zero-order chi connectivity index (χ0) is 13.8. The van der Waals surface area contributed by atoms with E-state index in [0.717, 1.165) is 25.8 Å². The number of aromatic nitrogens is 1. The summed E-state index contributed by atoms with van der Waals surface area (Å²) in [5, 5.41) is 3.46. The van der Waals surface area contributed by atoms with Crippen molar-refractivity contribution < 1.29 is 4.79 Å². The second-order valence-corrected chi connectivity index (χ2v) is 5.53. The molecule has 0 aromatic carbocycles. The number of carbonyl (C=O) groups is 1. The molecule has 1 atom stereocenters. The highest BCUT2D eigenvalue weighted by Crippen LogP contribution is 2.25. The van der Waals surface area contributed by atoms with Gasteiger partial charge in [0.1, 0.15) is 6.54 Å². The van der Waals surface area contributed by atoms with Crippen LogP contribution in [0.4, 0.5) is 0 Å². The molecule has 1 aromatic heterocycles. The van der Waals surface area contributed by atoms with E-state index in [1.165, 1.54) is 5.56 Å². The van der Waals surface area contributed by atoms with Crippen LogP contribution in [-0.4, -0.2) is 35.0 Å². The van der Waals surface area contributed by atoms with E-state index in [4.69, 9.17) is 0 Å². The fraction of sp³-hybridized carbons (Fsp3) is 0.667. The van der Waals surface area contributed by atoms with Crippen molar-refractivity contribution in [3.63, 3.8) is 0 Å². The number of likely N-dealkylation sites (N-methyl/N-ethyl adjacent to an activating group) is 1. The summed E-state index contributed by atoms with van der Waals surface area (Å²) in [5.74, 6) is 0.207. The highest BCUT2D eigenvalue weighted by Gasteiger charge is 2.29. The number of amides is 1. The maximum atomic E-state index is 12.0. The summed E-state index contributed by atoms with van der Waals surface area (Å²) >= 11 is 0. The van der Waals surface area contributed by atoms with Crippen LogP contribution in [0.15, 0.2) is 18.5 Å². The number of hydrogen-bond donors (Lipinski definition) is 1. The molecule has 1 fully saturated rings. The lowest BCUT2D eigenvalue weighted by Crippen LogP contribution is -2.31. The first kappa shape index (κ1) is 14.1. The summed E-state index contributed by atoms with van der Waals surface area (Å²) in [5.41, 5.74) is 1.25. The van der Waals surface area contributed by atoms with Gasteiger partial charge in [-0.25, -0.2) is 0 Å². The van der Waals surface area contributed by atoms with Crippen LogP contribution in [0.1, 0.15) is 44.7 Å². The van der Waals surface area contributed by atoms with Gasteiger partial charge < -0.3 is 14.8 Å². The third kappa shape index (κ3) is 3.83. The second kappa shape index (κ2) is 6.24. The predicted molar refractivity (Wildman–Crippen MR) is 76.9 cm³/mol. The summed E-state index contributed by atoms with van der Waals surface area (Å²) in [7, 11) is 1.91. The summed E-state index contributed by atoms with van der Waals surface area (Å²) in [4.78, 5) is 13.9. The number of nitrogens with one attached hydrogen (secondary N) is 1. The van der Waals surface area contributed by atoms with Gasteiger partial charge >= 0.3 is 0 Å². The molecule has 0 bridgehead atoms. The molecule has 4 nitrogen and oxygen atoms in total. The van der Waals surface area contributed by atoms with Gasteiger partial charge in [0.25, 0.3) is 0 Å². The lowest BCUT2D eigenvalue weighted by Gasteiger charge is -2.16. The normalized spacial score (nSPS) is 16.4. The van der Waals surface area contributed by atoms with Gasteiger partial charge in [0, 0.05) is 31.5 Å². The van der Waals surface area contributed by atoms with Crippen LogP contribution >= 0.6 is 0 Å². The lowest BCUT2D eigenvalue weighted by atomic mass is 10.2. The summed E-state index contributed by atoms with van der Waals surface area (Å²) < 4.78 is 1.99. The third-order valence-corrected chi connectivity index (χ3v) is 3.78. The topological polar surface area (TPSA) is 37.3 Å². The molecule has 1 N–H and O–H groups in total. The van der Waals surface area contributed by atoms with Crippen LogP contribution in [0, 0.1) is 0 Å². The molecule has 106 valence electrons. The fourth-order valence-corrected chi connectivity index (χ4v) is 2.23. The van der Waals surface area contributed by atoms with E-state index in [-0.39, 0.29) is 5.91 Å². The largest absolute Gasteiger partial charge is 0.345 e. The smallest absolute Gasteiger partial charge is 0.242 e. The monoisotopic (exact) mass is 263 g/mol. The van der Waals surface area contributed by atoms with Gasteiger partial charge in [-0.3, -0.25) is 4.79 Å². The van der Waals surface area contributed by atoms with E-state index in [1.54, 1.807) is 0 Å². The second-order valence-electron chi connectivity index (χ2n) is 5.53. The predicted octanol–water partition coefficient (Wildman–Crippen LogP) is 2.17. The Morgan fingerprint density at radius 1 is 1.58 bits per heavy atom. The van der Waals surface area contributed by atoms with Crippen molar-refractivity contribution in [1.29, 1.82) is 0 Å². The Bertz CT molecular complexity index is 423. The molecule has 1 saturated carbocycles. The molecule has 1 heterocycles. The fourth-order valence-electron chi connectivity index (χ4n) is 2.23. The molecule has 19 heavy (non-hydrogen) atoms. The summed E-state index contributed by atoms with van der Waals surface area (Å²) in [6, 6.07) is 2.93. The van der Waals surface area contributed by atoms with Crippen molar-refractivity contribution in [2.75, 3.05) is 13.6 Å². The average Bonchev–Trinajstić information content (AvgIpc) is 3.15. The van der Waals surface area contributed by atoms with E-state index in [9.17, 15) is 4.79 Å². The zero-order valence-electron chi connectivity index (χ0n) is 12.2. The molecular weight excluding hydrogens is 238 g/mol. The molecule has 2 rings (SSSR count). The van der Waals surface area contributed by atoms with Gasteiger partial charge in [-0.05, 0) is 44.4 Å². The molecule has 0 aliphatic heterocycles. The Morgan fingerprint density at radius 2 is 2.32 bits per heavy atom. The first-order chi connectivity index (χ1) is 9.11. The van der Waals surface area contributed by atoms with Crippen LogP contribution in [0.3, 0.4) is 0 Å². The van der Waals surface area contributed by atoms with Crippen molar-refractivity contribution in [3.8, 4) is 0 Å².